The molecule has 1 aliphatic rings. The Morgan fingerprint density at radius 1 is 1.36 bits per heavy atom. The van der Waals surface area contributed by atoms with Crippen molar-refractivity contribution in [1.29, 1.82) is 0 Å². The van der Waals surface area contributed by atoms with Gasteiger partial charge in [0.15, 0.2) is 0 Å². The standard InChI is InChI=1S/C16H24ClN3O2/c1-16(2,3)22-15(21)20-14-6-4-5-13(14)19-10-12-8-7-11(17)9-18-12/h7-9,13-14,19H,4-6,10H2,1-3H3,(H,20,21). The highest BCUT2D eigenvalue weighted by atomic mass is 35.5. The van der Waals surface area contributed by atoms with Gasteiger partial charge in [-0.15, -0.1) is 0 Å². The van der Waals surface area contributed by atoms with Crippen molar-refractivity contribution in [3.8, 4) is 0 Å². The maximum Gasteiger partial charge on any atom is 0.407 e. The Balaban J connectivity index is 1.82. The Labute approximate surface area is 136 Å². The number of pyridine rings is 1. The molecule has 1 aliphatic carbocycles. The van der Waals surface area contributed by atoms with E-state index in [1.54, 1.807) is 6.20 Å². The van der Waals surface area contributed by atoms with Crippen LogP contribution in [-0.4, -0.2) is 28.8 Å². The van der Waals surface area contributed by atoms with Gasteiger partial charge in [-0.05, 0) is 52.2 Å². The van der Waals surface area contributed by atoms with E-state index in [1.165, 1.54) is 0 Å². The fourth-order valence-electron chi connectivity index (χ4n) is 2.58. The summed E-state index contributed by atoms with van der Waals surface area (Å²) in [7, 11) is 0. The molecule has 1 fully saturated rings. The molecule has 0 aliphatic heterocycles. The molecule has 0 saturated heterocycles. The van der Waals surface area contributed by atoms with Gasteiger partial charge >= 0.3 is 6.09 Å². The van der Waals surface area contributed by atoms with Gasteiger partial charge in [0.2, 0.25) is 0 Å². The molecule has 1 amide bonds. The molecule has 122 valence electrons. The topological polar surface area (TPSA) is 63.2 Å². The van der Waals surface area contributed by atoms with Crippen LogP contribution in [0.3, 0.4) is 0 Å². The summed E-state index contributed by atoms with van der Waals surface area (Å²) in [5.74, 6) is 0. The van der Waals surface area contributed by atoms with Crippen LogP contribution in [0.25, 0.3) is 0 Å². The van der Waals surface area contributed by atoms with E-state index in [2.05, 4.69) is 15.6 Å². The third kappa shape index (κ3) is 5.46. The number of rotatable bonds is 4. The molecule has 2 atom stereocenters. The van der Waals surface area contributed by atoms with Crippen molar-refractivity contribution >= 4 is 17.7 Å². The van der Waals surface area contributed by atoms with Crippen molar-refractivity contribution in [3.05, 3.63) is 29.0 Å². The zero-order chi connectivity index (χ0) is 16.2. The average molecular weight is 326 g/mol. The second kappa shape index (κ2) is 7.29. The first-order valence-electron chi connectivity index (χ1n) is 7.67. The minimum atomic E-state index is -0.473. The van der Waals surface area contributed by atoms with Gasteiger partial charge in [-0.1, -0.05) is 11.6 Å². The number of nitrogens with zero attached hydrogens (tertiary/aromatic N) is 1. The molecular formula is C16H24ClN3O2. The van der Waals surface area contributed by atoms with Crippen molar-refractivity contribution in [2.45, 2.75) is 64.3 Å². The molecule has 0 spiro atoms. The quantitative estimate of drug-likeness (QED) is 0.891. The van der Waals surface area contributed by atoms with E-state index >= 15 is 0 Å². The van der Waals surface area contributed by atoms with Crippen molar-refractivity contribution in [3.63, 3.8) is 0 Å². The second-order valence-electron chi connectivity index (χ2n) is 6.64. The number of hydrogen-bond acceptors (Lipinski definition) is 4. The second-order valence-corrected chi connectivity index (χ2v) is 7.08. The number of carbonyl (C=O) groups is 1. The van der Waals surface area contributed by atoms with Crippen LogP contribution in [-0.2, 0) is 11.3 Å². The summed E-state index contributed by atoms with van der Waals surface area (Å²) in [6, 6.07) is 4.07. The first kappa shape index (κ1) is 17.0. The van der Waals surface area contributed by atoms with Gasteiger partial charge in [-0.25, -0.2) is 4.79 Å². The third-order valence-electron chi connectivity index (χ3n) is 3.55. The van der Waals surface area contributed by atoms with Crippen LogP contribution in [0.4, 0.5) is 4.79 Å². The Hall–Kier alpha value is -1.33. The number of hydrogen-bond donors (Lipinski definition) is 2. The van der Waals surface area contributed by atoms with E-state index in [0.717, 1.165) is 25.0 Å². The van der Waals surface area contributed by atoms with Crippen LogP contribution < -0.4 is 10.6 Å². The Kier molecular flexibility index (Phi) is 5.64. The maximum absolute atomic E-state index is 11.9. The van der Waals surface area contributed by atoms with Crippen molar-refractivity contribution in [2.75, 3.05) is 0 Å². The largest absolute Gasteiger partial charge is 0.444 e. The number of amides is 1. The van der Waals surface area contributed by atoms with Crippen molar-refractivity contribution in [2.24, 2.45) is 0 Å². The molecule has 0 bridgehead atoms. The van der Waals surface area contributed by atoms with Crippen LogP contribution in [0, 0.1) is 0 Å². The highest BCUT2D eigenvalue weighted by Gasteiger charge is 2.29. The van der Waals surface area contributed by atoms with Gasteiger partial charge in [0.05, 0.1) is 10.7 Å². The van der Waals surface area contributed by atoms with Crippen LogP contribution >= 0.6 is 11.6 Å². The monoisotopic (exact) mass is 325 g/mol. The van der Waals surface area contributed by atoms with Gasteiger partial charge in [0, 0.05) is 24.8 Å². The summed E-state index contributed by atoms with van der Waals surface area (Å²) in [6.45, 7) is 6.25. The number of nitrogens with one attached hydrogen (secondary N) is 2. The average Bonchev–Trinajstić information content (AvgIpc) is 2.83. The van der Waals surface area contributed by atoms with Gasteiger partial charge in [0.1, 0.15) is 5.60 Å². The Bertz CT molecular complexity index is 499. The lowest BCUT2D eigenvalue weighted by Gasteiger charge is -2.25. The Morgan fingerprint density at radius 2 is 2.09 bits per heavy atom. The van der Waals surface area contributed by atoms with Gasteiger partial charge in [-0.2, -0.15) is 0 Å². The smallest absolute Gasteiger partial charge is 0.407 e. The first-order chi connectivity index (χ1) is 10.3. The number of carbonyl (C=O) groups excluding carboxylic acids is 1. The summed E-state index contributed by atoms with van der Waals surface area (Å²) < 4.78 is 5.32. The van der Waals surface area contributed by atoms with Crippen LogP contribution in [0.1, 0.15) is 45.7 Å². The SMILES string of the molecule is CC(C)(C)OC(=O)NC1CCCC1NCc1ccc(Cl)cn1. The van der Waals surface area contributed by atoms with Crippen molar-refractivity contribution in [1.82, 2.24) is 15.6 Å². The van der Waals surface area contributed by atoms with E-state index < -0.39 is 5.60 Å². The predicted octanol–water partition coefficient (Wildman–Crippen LogP) is 3.27. The molecule has 2 rings (SSSR count). The summed E-state index contributed by atoms with van der Waals surface area (Å²) >= 11 is 5.83. The lowest BCUT2D eigenvalue weighted by molar-refractivity contribution is 0.0498. The molecule has 6 heteroatoms. The fourth-order valence-corrected chi connectivity index (χ4v) is 2.69. The lowest BCUT2D eigenvalue weighted by Crippen LogP contribution is -2.47. The zero-order valence-corrected chi connectivity index (χ0v) is 14.1. The summed E-state index contributed by atoms with van der Waals surface area (Å²) in [6.07, 6.45) is 4.38. The van der Waals surface area contributed by atoms with Crippen LogP contribution in [0.5, 0.6) is 0 Å². The molecule has 2 unspecified atom stereocenters. The predicted molar refractivity (Wildman–Crippen MR) is 86.9 cm³/mol. The maximum atomic E-state index is 11.9. The molecule has 2 N–H and O–H groups in total. The zero-order valence-electron chi connectivity index (χ0n) is 13.4. The first-order valence-corrected chi connectivity index (χ1v) is 8.04. The minimum absolute atomic E-state index is 0.0992. The van der Waals surface area contributed by atoms with Crippen molar-refractivity contribution < 1.29 is 9.53 Å². The van der Waals surface area contributed by atoms with Gasteiger partial charge in [0.25, 0.3) is 0 Å². The number of aromatic nitrogens is 1. The highest BCUT2D eigenvalue weighted by Crippen LogP contribution is 2.20. The van der Waals surface area contributed by atoms with Gasteiger partial charge < -0.3 is 15.4 Å². The molecule has 1 heterocycles. The highest BCUT2D eigenvalue weighted by molar-refractivity contribution is 6.30. The van der Waals surface area contributed by atoms with Crippen LogP contribution in [0.2, 0.25) is 5.02 Å². The molecule has 5 nitrogen and oxygen atoms in total. The van der Waals surface area contributed by atoms with Gasteiger partial charge in [-0.3, -0.25) is 4.98 Å². The van der Waals surface area contributed by atoms with E-state index in [1.807, 2.05) is 32.9 Å². The Morgan fingerprint density at radius 3 is 2.73 bits per heavy atom. The lowest BCUT2D eigenvalue weighted by atomic mass is 10.1. The molecule has 1 saturated carbocycles. The summed E-state index contributed by atoms with van der Waals surface area (Å²) in [5.41, 5.74) is 0.464. The number of alkyl carbamates (subject to hydrolysis) is 1. The summed E-state index contributed by atoms with van der Waals surface area (Å²) in [5, 5.41) is 7.06. The number of halogens is 1. The third-order valence-corrected chi connectivity index (χ3v) is 3.78. The number of ether oxygens (including phenoxy) is 1. The molecule has 1 aromatic rings. The fraction of sp³-hybridized carbons (Fsp3) is 0.625. The van der Waals surface area contributed by atoms with Crippen LogP contribution in [0.15, 0.2) is 18.3 Å². The molecule has 0 aromatic carbocycles. The molecule has 1 aromatic heterocycles. The van der Waals surface area contributed by atoms with E-state index in [0.29, 0.717) is 11.6 Å². The minimum Gasteiger partial charge on any atom is -0.444 e. The normalized spacial score (nSPS) is 21.6. The van der Waals surface area contributed by atoms with E-state index in [4.69, 9.17) is 16.3 Å². The molecular weight excluding hydrogens is 302 g/mol. The van der Waals surface area contributed by atoms with E-state index in [-0.39, 0.29) is 18.2 Å². The molecule has 22 heavy (non-hydrogen) atoms. The molecule has 0 radical (unpaired) electrons. The van der Waals surface area contributed by atoms with E-state index in [9.17, 15) is 4.79 Å². The summed E-state index contributed by atoms with van der Waals surface area (Å²) in [4.78, 5) is 16.2.